The number of carbonyl (C=O) groups is 2. The predicted octanol–water partition coefficient (Wildman–Crippen LogP) is 3.64. The van der Waals surface area contributed by atoms with E-state index in [1.165, 1.54) is 23.9 Å². The average Bonchev–Trinajstić information content (AvgIpc) is 3.13. The van der Waals surface area contributed by atoms with Crippen LogP contribution in [0, 0.1) is 20.8 Å². The second-order valence-electron chi connectivity index (χ2n) is 8.52. The van der Waals surface area contributed by atoms with Crippen molar-refractivity contribution in [3.63, 3.8) is 0 Å². The van der Waals surface area contributed by atoms with Crippen LogP contribution in [0.4, 0.5) is 11.4 Å². The summed E-state index contributed by atoms with van der Waals surface area (Å²) in [7, 11) is 1.33. The number of amides is 1. The molecule has 0 radical (unpaired) electrons. The maximum atomic E-state index is 12.9. The number of methoxy groups -OCH3 is 1. The molecule has 1 amide bonds. The van der Waals surface area contributed by atoms with Crippen LogP contribution >= 0.6 is 0 Å². The van der Waals surface area contributed by atoms with Gasteiger partial charge >= 0.3 is 5.97 Å². The molecule has 2 aromatic carbocycles. The standard InChI is InChI=1S/C25H30N4O3/c1-16-6-8-20-19(13-16)23(24(26-20)25(31)32-4)27-22(30)15-28-9-11-29(12-10-28)21-14-17(2)5-7-18(21)3/h5-8,13-14,26H,9-12,15H2,1-4H3,(H,27,30). The van der Waals surface area contributed by atoms with Gasteiger partial charge in [-0.1, -0.05) is 23.8 Å². The van der Waals surface area contributed by atoms with Crippen LogP contribution in [0.5, 0.6) is 0 Å². The number of esters is 1. The number of carbonyl (C=O) groups excluding carboxylic acids is 2. The minimum Gasteiger partial charge on any atom is -0.464 e. The highest BCUT2D eigenvalue weighted by Crippen LogP contribution is 2.29. The molecule has 1 aromatic heterocycles. The van der Waals surface area contributed by atoms with Crippen molar-refractivity contribution in [3.05, 3.63) is 58.8 Å². The molecule has 7 nitrogen and oxygen atoms in total. The van der Waals surface area contributed by atoms with Crippen molar-refractivity contribution in [2.24, 2.45) is 0 Å². The lowest BCUT2D eigenvalue weighted by atomic mass is 10.1. The van der Waals surface area contributed by atoms with Gasteiger partial charge in [-0.2, -0.15) is 0 Å². The van der Waals surface area contributed by atoms with E-state index in [2.05, 4.69) is 52.1 Å². The largest absolute Gasteiger partial charge is 0.464 e. The number of benzene rings is 2. The summed E-state index contributed by atoms with van der Waals surface area (Å²) in [5, 5.41) is 3.76. The molecule has 2 N–H and O–H groups in total. The number of aromatic nitrogens is 1. The number of rotatable bonds is 5. The van der Waals surface area contributed by atoms with Gasteiger partial charge in [0.1, 0.15) is 5.69 Å². The summed E-state index contributed by atoms with van der Waals surface area (Å²) in [5.74, 6) is -0.644. The minimum absolute atomic E-state index is 0.141. The van der Waals surface area contributed by atoms with Gasteiger partial charge in [0.15, 0.2) is 0 Å². The molecule has 1 aliphatic rings. The highest BCUT2D eigenvalue weighted by atomic mass is 16.5. The molecule has 1 aliphatic heterocycles. The molecule has 1 saturated heterocycles. The molecule has 0 atom stereocenters. The smallest absolute Gasteiger partial charge is 0.356 e. The van der Waals surface area contributed by atoms with Gasteiger partial charge < -0.3 is 19.9 Å². The van der Waals surface area contributed by atoms with E-state index < -0.39 is 5.97 Å². The van der Waals surface area contributed by atoms with Crippen LogP contribution in [0.3, 0.4) is 0 Å². The average molecular weight is 435 g/mol. The SMILES string of the molecule is COC(=O)c1[nH]c2ccc(C)cc2c1NC(=O)CN1CCN(c2cc(C)ccc2C)CC1. The summed E-state index contributed by atoms with van der Waals surface area (Å²) in [4.78, 5) is 32.8. The third-order valence-corrected chi connectivity index (χ3v) is 6.05. The van der Waals surface area contributed by atoms with Gasteiger partial charge in [-0.05, 0) is 50.1 Å². The molecular formula is C25H30N4O3. The Bertz CT molecular complexity index is 1160. The Morgan fingerprint density at radius 3 is 2.41 bits per heavy atom. The number of hydrogen-bond acceptors (Lipinski definition) is 5. The van der Waals surface area contributed by atoms with Gasteiger partial charge in [0.2, 0.25) is 5.91 Å². The van der Waals surface area contributed by atoms with E-state index in [0.717, 1.165) is 42.6 Å². The highest BCUT2D eigenvalue weighted by molar-refractivity contribution is 6.11. The van der Waals surface area contributed by atoms with Crippen molar-refractivity contribution in [1.82, 2.24) is 9.88 Å². The van der Waals surface area contributed by atoms with E-state index in [-0.39, 0.29) is 18.1 Å². The van der Waals surface area contributed by atoms with Gasteiger partial charge in [-0.25, -0.2) is 4.79 Å². The fourth-order valence-corrected chi connectivity index (χ4v) is 4.28. The van der Waals surface area contributed by atoms with Gasteiger partial charge in [0, 0.05) is 42.8 Å². The number of nitrogens with one attached hydrogen (secondary N) is 2. The van der Waals surface area contributed by atoms with Crippen molar-refractivity contribution in [3.8, 4) is 0 Å². The molecule has 32 heavy (non-hydrogen) atoms. The number of nitrogens with zero attached hydrogens (tertiary/aromatic N) is 2. The van der Waals surface area contributed by atoms with Crippen LogP contribution in [0.15, 0.2) is 36.4 Å². The number of fused-ring (bicyclic) bond motifs is 1. The normalized spacial score (nSPS) is 14.6. The van der Waals surface area contributed by atoms with Crippen molar-refractivity contribution in [1.29, 1.82) is 0 Å². The predicted molar refractivity (Wildman–Crippen MR) is 128 cm³/mol. The first-order valence-corrected chi connectivity index (χ1v) is 10.9. The Balaban J connectivity index is 1.44. The van der Waals surface area contributed by atoms with Gasteiger partial charge in [-0.15, -0.1) is 0 Å². The number of piperazine rings is 1. The zero-order valence-corrected chi connectivity index (χ0v) is 19.1. The summed E-state index contributed by atoms with van der Waals surface area (Å²) in [5.41, 5.74) is 6.37. The van der Waals surface area contributed by atoms with Gasteiger partial charge in [-0.3, -0.25) is 9.69 Å². The van der Waals surface area contributed by atoms with Crippen LogP contribution in [-0.4, -0.2) is 61.6 Å². The van der Waals surface area contributed by atoms with Crippen LogP contribution in [-0.2, 0) is 9.53 Å². The zero-order valence-electron chi connectivity index (χ0n) is 19.1. The molecule has 3 aromatic rings. The number of anilines is 2. The maximum Gasteiger partial charge on any atom is 0.356 e. The Morgan fingerprint density at radius 1 is 1.00 bits per heavy atom. The lowest BCUT2D eigenvalue weighted by Crippen LogP contribution is -2.48. The summed E-state index contributed by atoms with van der Waals surface area (Å²) in [6, 6.07) is 12.3. The van der Waals surface area contributed by atoms with Crippen LogP contribution < -0.4 is 10.2 Å². The molecule has 0 spiro atoms. The molecule has 0 unspecified atom stereocenters. The molecule has 2 heterocycles. The Labute approximate surface area is 188 Å². The maximum absolute atomic E-state index is 12.9. The molecule has 0 saturated carbocycles. The Kier molecular flexibility index (Phi) is 6.19. The molecular weight excluding hydrogens is 404 g/mol. The lowest BCUT2D eigenvalue weighted by Gasteiger charge is -2.36. The second-order valence-corrected chi connectivity index (χ2v) is 8.52. The van der Waals surface area contributed by atoms with Crippen LogP contribution in [0.1, 0.15) is 27.2 Å². The van der Waals surface area contributed by atoms with Crippen molar-refractivity contribution >= 4 is 34.2 Å². The van der Waals surface area contributed by atoms with Crippen LogP contribution in [0.2, 0.25) is 0 Å². The quantitative estimate of drug-likeness (QED) is 0.600. The summed E-state index contributed by atoms with van der Waals surface area (Å²) in [6.07, 6.45) is 0. The summed E-state index contributed by atoms with van der Waals surface area (Å²) in [6.45, 7) is 9.85. The summed E-state index contributed by atoms with van der Waals surface area (Å²) >= 11 is 0. The molecule has 4 rings (SSSR count). The monoisotopic (exact) mass is 434 g/mol. The van der Waals surface area contributed by atoms with Crippen molar-refractivity contribution < 1.29 is 14.3 Å². The van der Waals surface area contributed by atoms with Gasteiger partial charge in [0.25, 0.3) is 0 Å². The van der Waals surface area contributed by atoms with E-state index in [1.54, 1.807) is 0 Å². The Morgan fingerprint density at radius 2 is 1.69 bits per heavy atom. The molecule has 0 bridgehead atoms. The van der Waals surface area contributed by atoms with E-state index >= 15 is 0 Å². The number of hydrogen-bond donors (Lipinski definition) is 2. The number of aryl methyl sites for hydroxylation is 3. The van der Waals surface area contributed by atoms with E-state index in [0.29, 0.717) is 5.69 Å². The fraction of sp³-hybridized carbons (Fsp3) is 0.360. The molecule has 168 valence electrons. The number of aromatic amines is 1. The third-order valence-electron chi connectivity index (χ3n) is 6.05. The first kappa shape index (κ1) is 21.9. The minimum atomic E-state index is -0.503. The van der Waals surface area contributed by atoms with Crippen molar-refractivity contribution in [2.45, 2.75) is 20.8 Å². The second kappa shape index (κ2) is 9.04. The Hall–Kier alpha value is -3.32. The number of H-pyrrole nitrogens is 1. The van der Waals surface area contributed by atoms with Crippen LogP contribution in [0.25, 0.3) is 10.9 Å². The fourth-order valence-electron chi connectivity index (χ4n) is 4.28. The van der Waals surface area contributed by atoms with Crippen molar-refractivity contribution in [2.75, 3.05) is 50.1 Å². The first-order valence-electron chi connectivity index (χ1n) is 10.9. The third kappa shape index (κ3) is 4.48. The van der Waals surface area contributed by atoms with E-state index in [1.807, 2.05) is 25.1 Å². The lowest BCUT2D eigenvalue weighted by molar-refractivity contribution is -0.117. The van der Waals surface area contributed by atoms with Gasteiger partial charge in [0.05, 0.1) is 19.3 Å². The summed E-state index contributed by atoms with van der Waals surface area (Å²) < 4.78 is 4.90. The molecule has 1 fully saturated rings. The first-order chi connectivity index (χ1) is 15.4. The van der Waals surface area contributed by atoms with E-state index in [4.69, 9.17) is 4.74 Å². The highest BCUT2D eigenvalue weighted by Gasteiger charge is 2.23. The molecule has 7 heteroatoms. The molecule has 0 aliphatic carbocycles. The van der Waals surface area contributed by atoms with E-state index in [9.17, 15) is 9.59 Å². The zero-order chi connectivity index (χ0) is 22.8. The number of ether oxygens (including phenoxy) is 1. The topological polar surface area (TPSA) is 77.7 Å².